The smallest absolute Gasteiger partial charge is 0.262 e. The summed E-state index contributed by atoms with van der Waals surface area (Å²) < 4.78 is 5.44. The first kappa shape index (κ1) is 18.1. The van der Waals surface area contributed by atoms with Gasteiger partial charge in [0.1, 0.15) is 16.9 Å². The molecular weight excluding hydrogens is 350 g/mol. The van der Waals surface area contributed by atoms with Crippen LogP contribution in [0.4, 0.5) is 5.13 Å². The average molecular weight is 371 g/mol. The van der Waals surface area contributed by atoms with Crippen LogP contribution in [0.5, 0.6) is 5.75 Å². The van der Waals surface area contributed by atoms with Crippen molar-refractivity contribution >= 4 is 33.3 Å². The van der Waals surface area contributed by atoms with Gasteiger partial charge in [-0.05, 0) is 30.5 Å². The molecule has 0 aliphatic carbocycles. The minimum absolute atomic E-state index is 0.135. The van der Waals surface area contributed by atoms with Gasteiger partial charge in [0.2, 0.25) is 5.55 Å². The van der Waals surface area contributed by atoms with Crippen LogP contribution in [-0.4, -0.2) is 16.0 Å². The average Bonchev–Trinajstić information content (AvgIpc) is 3.11. The number of thiazole rings is 1. The lowest BCUT2D eigenvalue weighted by atomic mass is 10.0. The Morgan fingerprint density at radius 3 is 2.88 bits per heavy atom. The molecule has 0 spiro atoms. The molecule has 3 rings (SSSR count). The van der Waals surface area contributed by atoms with Crippen LogP contribution in [0.2, 0.25) is 0 Å². The van der Waals surface area contributed by atoms with E-state index in [1.165, 1.54) is 23.8 Å². The van der Waals surface area contributed by atoms with Crippen molar-refractivity contribution in [3.8, 4) is 5.75 Å². The Labute approximate surface area is 155 Å². The van der Waals surface area contributed by atoms with E-state index in [-0.39, 0.29) is 16.9 Å². The van der Waals surface area contributed by atoms with Gasteiger partial charge in [-0.1, -0.05) is 26.2 Å². The number of benzene rings is 1. The molecular formula is C19H21N3O3S. The summed E-state index contributed by atoms with van der Waals surface area (Å²) in [5, 5.41) is 23.7. The number of phenols is 1. The maximum atomic E-state index is 12.4. The van der Waals surface area contributed by atoms with E-state index in [1.54, 1.807) is 17.6 Å². The number of anilines is 1. The molecule has 0 unspecified atom stereocenters. The molecule has 0 radical (unpaired) electrons. The zero-order valence-corrected chi connectivity index (χ0v) is 15.4. The van der Waals surface area contributed by atoms with Crippen LogP contribution >= 0.6 is 11.3 Å². The summed E-state index contributed by atoms with van der Waals surface area (Å²) in [6.45, 7) is 2.16. The van der Waals surface area contributed by atoms with Gasteiger partial charge in [-0.25, -0.2) is 4.98 Å². The first-order chi connectivity index (χ1) is 12.6. The molecule has 2 heterocycles. The molecule has 3 N–H and O–H groups in total. The zero-order valence-electron chi connectivity index (χ0n) is 14.5. The molecule has 26 heavy (non-hydrogen) atoms. The van der Waals surface area contributed by atoms with Crippen LogP contribution < -0.4 is 10.9 Å². The van der Waals surface area contributed by atoms with E-state index in [9.17, 15) is 9.90 Å². The quantitative estimate of drug-likeness (QED) is 0.534. The number of carbonyl (C=O) groups excluding carboxylic acids is 1. The molecule has 3 aromatic rings. The number of aromatic nitrogens is 1. The molecule has 7 heteroatoms. The molecule has 6 nitrogen and oxygen atoms in total. The minimum atomic E-state index is -0.437. The highest BCUT2D eigenvalue weighted by molar-refractivity contribution is 7.13. The molecule has 0 bridgehead atoms. The lowest BCUT2D eigenvalue weighted by molar-refractivity contribution is 0.102. The highest BCUT2D eigenvalue weighted by Crippen LogP contribution is 2.26. The molecule has 0 fully saturated rings. The van der Waals surface area contributed by atoms with E-state index in [2.05, 4.69) is 17.2 Å². The van der Waals surface area contributed by atoms with Gasteiger partial charge in [0, 0.05) is 23.0 Å². The SMILES string of the molecule is CCCCCCc1cc2cc(C(=O)Nc3nccs3)c(=N)oc2cc1O. The molecule has 0 atom stereocenters. The second-order valence-electron chi connectivity index (χ2n) is 6.11. The summed E-state index contributed by atoms with van der Waals surface area (Å²) in [7, 11) is 0. The van der Waals surface area contributed by atoms with Crippen LogP contribution in [0.15, 0.2) is 34.2 Å². The second kappa shape index (κ2) is 8.14. The van der Waals surface area contributed by atoms with Gasteiger partial charge in [0.05, 0.1) is 0 Å². The molecule has 0 aliphatic heterocycles. The maximum Gasteiger partial charge on any atom is 0.262 e. The number of aryl methyl sites for hydroxylation is 1. The monoisotopic (exact) mass is 371 g/mol. The number of hydrogen-bond acceptors (Lipinski definition) is 6. The summed E-state index contributed by atoms with van der Waals surface area (Å²) in [6.07, 6.45) is 6.81. The van der Waals surface area contributed by atoms with Crippen molar-refractivity contribution in [2.24, 2.45) is 0 Å². The molecule has 0 saturated carbocycles. The molecule has 136 valence electrons. The van der Waals surface area contributed by atoms with Crippen molar-refractivity contribution in [3.05, 3.63) is 46.5 Å². The fourth-order valence-corrected chi connectivity index (χ4v) is 3.30. The number of hydrogen-bond donors (Lipinski definition) is 3. The first-order valence-electron chi connectivity index (χ1n) is 8.63. The first-order valence-corrected chi connectivity index (χ1v) is 9.51. The molecule has 0 saturated heterocycles. The summed E-state index contributed by atoms with van der Waals surface area (Å²) >= 11 is 1.30. The Bertz CT molecular complexity index is 964. The van der Waals surface area contributed by atoms with Crippen molar-refractivity contribution < 1.29 is 14.3 Å². The van der Waals surface area contributed by atoms with Gasteiger partial charge in [0.25, 0.3) is 5.91 Å². The maximum absolute atomic E-state index is 12.4. The number of rotatable bonds is 7. The highest BCUT2D eigenvalue weighted by atomic mass is 32.1. The number of amides is 1. The topological polar surface area (TPSA) is 99.2 Å². The Morgan fingerprint density at radius 2 is 2.15 bits per heavy atom. The van der Waals surface area contributed by atoms with E-state index >= 15 is 0 Å². The molecule has 0 aliphatic rings. The third-order valence-corrected chi connectivity index (χ3v) is 4.85. The Kier molecular flexibility index (Phi) is 5.68. The number of carbonyl (C=O) groups is 1. The second-order valence-corrected chi connectivity index (χ2v) is 7.00. The van der Waals surface area contributed by atoms with E-state index < -0.39 is 5.91 Å². The lowest BCUT2D eigenvalue weighted by Crippen LogP contribution is -2.20. The zero-order chi connectivity index (χ0) is 18.5. The molecule has 2 aromatic heterocycles. The molecule has 1 aromatic carbocycles. The van der Waals surface area contributed by atoms with E-state index in [0.717, 1.165) is 31.2 Å². The third kappa shape index (κ3) is 4.11. The standard InChI is InChI=1S/C19H21N3O3S/c1-2-3-4-5-6-12-9-13-10-14(17(20)25-16(13)11-15(12)23)18(24)22-19-21-7-8-26-19/h7-11,20,23H,2-6H2,1H3,(H,21,22,24). The van der Waals surface area contributed by atoms with Crippen LogP contribution in [0, 0.1) is 5.41 Å². The Morgan fingerprint density at radius 1 is 1.31 bits per heavy atom. The van der Waals surface area contributed by atoms with E-state index in [4.69, 9.17) is 9.83 Å². The number of unbranched alkanes of at least 4 members (excludes halogenated alkanes) is 3. The van der Waals surface area contributed by atoms with Gasteiger partial charge in [-0.15, -0.1) is 11.3 Å². The number of nitrogens with zero attached hydrogens (tertiary/aromatic N) is 1. The van der Waals surface area contributed by atoms with Crippen LogP contribution in [0.25, 0.3) is 11.0 Å². The number of nitrogens with one attached hydrogen (secondary N) is 2. The normalized spacial score (nSPS) is 11.0. The largest absolute Gasteiger partial charge is 0.508 e. The van der Waals surface area contributed by atoms with Gasteiger partial charge in [-0.3, -0.25) is 15.5 Å². The van der Waals surface area contributed by atoms with Crippen molar-refractivity contribution in [1.29, 1.82) is 5.41 Å². The van der Waals surface area contributed by atoms with Crippen LogP contribution in [0.1, 0.15) is 48.5 Å². The van der Waals surface area contributed by atoms with Gasteiger partial charge in [-0.2, -0.15) is 0 Å². The summed E-state index contributed by atoms with van der Waals surface area (Å²) in [5.74, 6) is -0.273. The fourth-order valence-electron chi connectivity index (χ4n) is 2.78. The van der Waals surface area contributed by atoms with E-state index in [0.29, 0.717) is 16.1 Å². The Hall–Kier alpha value is -2.67. The van der Waals surface area contributed by atoms with Gasteiger partial charge >= 0.3 is 0 Å². The van der Waals surface area contributed by atoms with Gasteiger partial charge in [0.15, 0.2) is 5.13 Å². The number of fused-ring (bicyclic) bond motifs is 1. The van der Waals surface area contributed by atoms with Crippen molar-refractivity contribution in [2.45, 2.75) is 39.0 Å². The van der Waals surface area contributed by atoms with Crippen molar-refractivity contribution in [1.82, 2.24) is 4.98 Å². The lowest BCUT2D eigenvalue weighted by Gasteiger charge is -2.08. The number of phenolic OH excluding ortho intramolecular Hbond substituents is 1. The Balaban J connectivity index is 1.88. The third-order valence-electron chi connectivity index (χ3n) is 4.16. The predicted molar refractivity (Wildman–Crippen MR) is 102 cm³/mol. The summed E-state index contributed by atoms with van der Waals surface area (Å²) in [6, 6.07) is 4.98. The van der Waals surface area contributed by atoms with E-state index in [1.807, 2.05) is 6.07 Å². The number of aromatic hydroxyl groups is 1. The van der Waals surface area contributed by atoms with Crippen molar-refractivity contribution in [2.75, 3.05) is 5.32 Å². The van der Waals surface area contributed by atoms with Crippen LogP contribution in [0.3, 0.4) is 0 Å². The fraction of sp³-hybridized carbons (Fsp3) is 0.316. The minimum Gasteiger partial charge on any atom is -0.508 e. The molecule has 1 amide bonds. The van der Waals surface area contributed by atoms with Crippen molar-refractivity contribution in [3.63, 3.8) is 0 Å². The van der Waals surface area contributed by atoms with Gasteiger partial charge < -0.3 is 9.52 Å². The summed E-state index contributed by atoms with van der Waals surface area (Å²) in [4.78, 5) is 16.4. The van der Waals surface area contributed by atoms with Crippen LogP contribution in [-0.2, 0) is 6.42 Å². The predicted octanol–water partition coefficient (Wildman–Crippen LogP) is 4.45. The summed E-state index contributed by atoms with van der Waals surface area (Å²) in [5.41, 5.74) is 1.10. The highest BCUT2D eigenvalue weighted by Gasteiger charge is 2.14.